The molecule has 9 nitrogen and oxygen atoms in total. The van der Waals surface area contributed by atoms with Crippen molar-refractivity contribution in [3.8, 4) is 28.4 Å². The zero-order valence-corrected chi connectivity index (χ0v) is 22.0. The third-order valence-corrected chi connectivity index (χ3v) is 6.79. The van der Waals surface area contributed by atoms with E-state index in [1.807, 2.05) is 52.9 Å². The highest BCUT2D eigenvalue weighted by atomic mass is 19.1. The van der Waals surface area contributed by atoms with Crippen LogP contribution in [-0.2, 0) is 24.3 Å². The number of carbonyl (C=O) groups excluding carboxylic acids is 1. The number of carbonyl (C=O) groups is 1. The number of benzene rings is 2. The summed E-state index contributed by atoms with van der Waals surface area (Å²) in [6.45, 7) is 1.97. The highest BCUT2D eigenvalue weighted by Gasteiger charge is 2.19. The number of hydrogen-bond acceptors (Lipinski definition) is 7. The standard InChI is InChI=1S/C30H28FN7O2/c1-37(18-26(32)39)17-20-9-12-38-27(15-20)36-28(21-3-5-23(31)6-4-21)29(38)24-8-11-33-30(35-24)34-16-19-2-7-25-22(14-19)10-13-40-25/h2-9,11-12,14-15H,10,13,16-18H2,1H3,(H2,32,39)(H,33,34,35). The van der Waals surface area contributed by atoms with E-state index in [1.165, 1.54) is 17.7 Å². The summed E-state index contributed by atoms with van der Waals surface area (Å²) in [6, 6.07) is 18.2. The van der Waals surface area contributed by atoms with Crippen molar-refractivity contribution < 1.29 is 13.9 Å². The van der Waals surface area contributed by atoms with Gasteiger partial charge in [0.05, 0.1) is 30.2 Å². The van der Waals surface area contributed by atoms with Crippen LogP contribution >= 0.6 is 0 Å². The minimum atomic E-state index is -0.386. The summed E-state index contributed by atoms with van der Waals surface area (Å²) >= 11 is 0. The van der Waals surface area contributed by atoms with Gasteiger partial charge in [0.2, 0.25) is 11.9 Å². The molecule has 2 aromatic carbocycles. The van der Waals surface area contributed by atoms with Gasteiger partial charge in [-0.15, -0.1) is 0 Å². The van der Waals surface area contributed by atoms with Crippen LogP contribution in [-0.4, -0.2) is 50.4 Å². The van der Waals surface area contributed by atoms with Crippen molar-refractivity contribution in [2.24, 2.45) is 5.73 Å². The number of halogens is 1. The molecule has 4 heterocycles. The Hall–Kier alpha value is -4.83. The summed E-state index contributed by atoms with van der Waals surface area (Å²) in [4.78, 5) is 27.3. The minimum absolute atomic E-state index is 0.154. The van der Waals surface area contributed by atoms with E-state index in [2.05, 4.69) is 16.4 Å². The van der Waals surface area contributed by atoms with Crippen LogP contribution in [0.15, 0.2) is 73.1 Å². The lowest BCUT2D eigenvalue weighted by atomic mass is 10.1. The SMILES string of the molecule is CN(CC(N)=O)Cc1ccn2c(-c3ccnc(NCc4ccc5c(c4)CCO5)n3)c(-c3ccc(F)cc3)nc2c1. The molecule has 0 atom stereocenters. The first-order valence-electron chi connectivity index (χ1n) is 13.0. The van der Waals surface area contributed by atoms with Gasteiger partial charge in [-0.1, -0.05) is 12.1 Å². The van der Waals surface area contributed by atoms with E-state index in [0.29, 0.717) is 36.1 Å². The molecular formula is C30H28FN7O2. The van der Waals surface area contributed by atoms with Crippen LogP contribution in [0, 0.1) is 5.82 Å². The Bertz CT molecular complexity index is 1700. The fourth-order valence-electron chi connectivity index (χ4n) is 4.98. The number of nitrogens with one attached hydrogen (secondary N) is 1. The number of primary amides is 1. The highest BCUT2D eigenvalue weighted by Crippen LogP contribution is 2.33. The van der Waals surface area contributed by atoms with Crippen LogP contribution in [0.25, 0.3) is 28.3 Å². The number of amides is 1. The van der Waals surface area contributed by atoms with Gasteiger partial charge in [-0.05, 0) is 72.3 Å². The Morgan fingerprint density at radius 1 is 1.10 bits per heavy atom. The second kappa shape index (κ2) is 10.7. The van der Waals surface area contributed by atoms with Crippen molar-refractivity contribution in [3.63, 3.8) is 0 Å². The van der Waals surface area contributed by atoms with Gasteiger partial charge in [-0.3, -0.25) is 14.1 Å². The molecule has 3 aromatic heterocycles. The fourth-order valence-corrected chi connectivity index (χ4v) is 4.98. The lowest BCUT2D eigenvalue weighted by Crippen LogP contribution is -2.30. The van der Waals surface area contributed by atoms with Crippen molar-refractivity contribution >= 4 is 17.5 Å². The molecule has 6 rings (SSSR count). The average molecular weight is 538 g/mol. The van der Waals surface area contributed by atoms with Crippen LogP contribution in [0.2, 0.25) is 0 Å². The van der Waals surface area contributed by atoms with Gasteiger partial charge in [0, 0.05) is 37.5 Å². The van der Waals surface area contributed by atoms with E-state index < -0.39 is 0 Å². The molecule has 0 aliphatic carbocycles. The quantitative estimate of drug-likeness (QED) is 0.292. The summed E-state index contributed by atoms with van der Waals surface area (Å²) in [6.07, 6.45) is 4.56. The normalized spacial score (nSPS) is 12.5. The summed E-state index contributed by atoms with van der Waals surface area (Å²) < 4.78 is 21.3. The van der Waals surface area contributed by atoms with E-state index in [9.17, 15) is 9.18 Å². The highest BCUT2D eigenvalue weighted by molar-refractivity contribution is 5.81. The van der Waals surface area contributed by atoms with Crippen molar-refractivity contribution in [1.29, 1.82) is 0 Å². The number of likely N-dealkylation sites (N-methyl/N-ethyl adjacent to an activating group) is 1. The van der Waals surface area contributed by atoms with Gasteiger partial charge in [-0.25, -0.2) is 19.3 Å². The smallest absolute Gasteiger partial charge is 0.231 e. The molecule has 1 amide bonds. The molecule has 0 saturated heterocycles. The molecule has 0 spiro atoms. The zero-order chi connectivity index (χ0) is 27.6. The summed E-state index contributed by atoms with van der Waals surface area (Å²) in [5, 5.41) is 3.33. The number of imidazole rings is 1. The maximum absolute atomic E-state index is 13.7. The first kappa shape index (κ1) is 25.4. The van der Waals surface area contributed by atoms with Gasteiger partial charge in [-0.2, -0.15) is 0 Å². The van der Waals surface area contributed by atoms with Crippen LogP contribution in [0.1, 0.15) is 16.7 Å². The first-order chi connectivity index (χ1) is 19.4. The third kappa shape index (κ3) is 5.34. The van der Waals surface area contributed by atoms with Crippen molar-refractivity contribution in [2.75, 3.05) is 25.5 Å². The van der Waals surface area contributed by atoms with Gasteiger partial charge >= 0.3 is 0 Å². The minimum Gasteiger partial charge on any atom is -0.493 e. The number of pyridine rings is 1. The molecule has 0 saturated carbocycles. The molecular weight excluding hydrogens is 509 g/mol. The first-order valence-corrected chi connectivity index (χ1v) is 13.0. The Morgan fingerprint density at radius 3 is 2.77 bits per heavy atom. The van der Waals surface area contributed by atoms with Gasteiger partial charge in [0.1, 0.15) is 17.2 Å². The van der Waals surface area contributed by atoms with E-state index in [-0.39, 0.29) is 18.3 Å². The van der Waals surface area contributed by atoms with Crippen molar-refractivity contribution in [1.82, 2.24) is 24.3 Å². The van der Waals surface area contributed by atoms with E-state index >= 15 is 0 Å². The Labute approximate surface area is 230 Å². The predicted molar refractivity (Wildman–Crippen MR) is 150 cm³/mol. The lowest BCUT2D eigenvalue weighted by molar-refractivity contribution is -0.118. The zero-order valence-electron chi connectivity index (χ0n) is 22.0. The van der Waals surface area contributed by atoms with Gasteiger partial charge in [0.25, 0.3) is 0 Å². The number of fused-ring (bicyclic) bond motifs is 2. The Balaban J connectivity index is 1.34. The second-order valence-corrected chi connectivity index (χ2v) is 9.88. The Kier molecular flexibility index (Phi) is 6.83. The van der Waals surface area contributed by atoms with Crippen LogP contribution in [0.5, 0.6) is 5.75 Å². The fraction of sp³-hybridized carbons (Fsp3) is 0.200. The van der Waals surface area contributed by atoms with Gasteiger partial charge < -0.3 is 15.8 Å². The molecule has 3 N–H and O–H groups in total. The molecule has 202 valence electrons. The maximum atomic E-state index is 13.7. The predicted octanol–water partition coefficient (Wildman–Crippen LogP) is 4.06. The number of nitrogens with two attached hydrogens (primary N) is 1. The summed E-state index contributed by atoms with van der Waals surface area (Å²) in [7, 11) is 1.84. The van der Waals surface area contributed by atoms with Crippen molar-refractivity contribution in [3.05, 3.63) is 95.6 Å². The molecule has 1 aliphatic rings. The molecule has 0 fully saturated rings. The topological polar surface area (TPSA) is 111 Å². The third-order valence-electron chi connectivity index (χ3n) is 6.79. The summed E-state index contributed by atoms with van der Waals surface area (Å²) in [5.74, 6) is 0.730. The van der Waals surface area contributed by atoms with Crippen LogP contribution in [0.3, 0.4) is 0 Å². The van der Waals surface area contributed by atoms with E-state index in [4.69, 9.17) is 20.4 Å². The van der Waals surface area contributed by atoms with E-state index in [0.717, 1.165) is 41.2 Å². The molecule has 10 heteroatoms. The van der Waals surface area contributed by atoms with Gasteiger partial charge in [0.15, 0.2) is 0 Å². The number of ether oxygens (including phenoxy) is 1. The number of hydrogen-bond donors (Lipinski definition) is 2. The largest absolute Gasteiger partial charge is 0.493 e. The van der Waals surface area contributed by atoms with Crippen LogP contribution < -0.4 is 15.8 Å². The molecule has 0 bridgehead atoms. The maximum Gasteiger partial charge on any atom is 0.231 e. The monoisotopic (exact) mass is 537 g/mol. The lowest BCUT2D eigenvalue weighted by Gasteiger charge is -2.14. The van der Waals surface area contributed by atoms with E-state index in [1.54, 1.807) is 18.3 Å². The second-order valence-electron chi connectivity index (χ2n) is 9.88. The molecule has 0 radical (unpaired) electrons. The Morgan fingerprint density at radius 2 is 1.95 bits per heavy atom. The number of anilines is 1. The number of aromatic nitrogens is 4. The summed E-state index contributed by atoms with van der Waals surface area (Å²) in [5.41, 5.74) is 12.2. The number of rotatable bonds is 9. The molecule has 1 aliphatic heterocycles. The molecule has 5 aromatic rings. The number of nitrogens with zero attached hydrogens (tertiary/aromatic N) is 5. The van der Waals surface area contributed by atoms with Crippen molar-refractivity contribution in [2.45, 2.75) is 19.5 Å². The molecule has 0 unspecified atom stereocenters. The van der Waals surface area contributed by atoms with Crippen LogP contribution in [0.4, 0.5) is 10.3 Å². The average Bonchev–Trinajstić information content (AvgIpc) is 3.56. The molecule has 40 heavy (non-hydrogen) atoms.